The summed E-state index contributed by atoms with van der Waals surface area (Å²) < 4.78 is 40.1. The van der Waals surface area contributed by atoms with Gasteiger partial charge in [0, 0.05) is 11.0 Å². The van der Waals surface area contributed by atoms with Crippen LogP contribution in [-0.2, 0) is 11.3 Å². The van der Waals surface area contributed by atoms with Gasteiger partial charge in [0.15, 0.2) is 0 Å². The molecule has 0 spiro atoms. The van der Waals surface area contributed by atoms with Crippen molar-refractivity contribution in [3.05, 3.63) is 28.0 Å². The molecule has 1 amide bonds. The van der Waals surface area contributed by atoms with Gasteiger partial charge in [-0.25, -0.2) is 4.98 Å². The number of rotatable bonds is 1. The molecule has 1 N–H and O–H groups in total. The number of benzene rings is 1. The van der Waals surface area contributed by atoms with Crippen LogP contribution in [0, 0.1) is 6.92 Å². The number of amides is 1. The zero-order valence-corrected chi connectivity index (χ0v) is 13.3. The van der Waals surface area contributed by atoms with E-state index in [1.165, 1.54) is 0 Å². The summed E-state index contributed by atoms with van der Waals surface area (Å²) in [4.78, 5) is 15.6. The Labute approximate surface area is 132 Å². The number of hydrogen-bond donors (Lipinski definition) is 1. The first-order valence-corrected chi connectivity index (χ1v) is 7.60. The topological polar surface area (TPSA) is 46.9 Å². The van der Waals surface area contributed by atoms with E-state index in [0.717, 1.165) is 15.6 Å². The van der Waals surface area contributed by atoms with Crippen LogP contribution in [0.4, 0.5) is 13.2 Å². The summed E-state index contributed by atoms with van der Waals surface area (Å²) in [5, 5.41) is 2.05. The van der Waals surface area contributed by atoms with Gasteiger partial charge in [0.2, 0.25) is 0 Å². The number of carbonyl (C=O) groups excluding carboxylic acids is 1. The normalized spacial score (nSPS) is 18.3. The highest BCUT2D eigenvalue weighted by Gasteiger charge is 2.41. The maximum absolute atomic E-state index is 12.4. The number of aryl methyl sites for hydroxylation is 2. The zero-order valence-electron chi connectivity index (χ0n) is 11.7. The van der Waals surface area contributed by atoms with Gasteiger partial charge in [0.1, 0.15) is 5.82 Å². The number of imidazole rings is 1. The molecule has 0 unspecified atom stereocenters. The lowest BCUT2D eigenvalue weighted by Crippen LogP contribution is -2.41. The van der Waals surface area contributed by atoms with Gasteiger partial charge in [0.25, 0.3) is 0 Å². The predicted octanol–water partition coefficient (Wildman–Crippen LogP) is 3.62. The van der Waals surface area contributed by atoms with Crippen molar-refractivity contribution in [1.82, 2.24) is 14.9 Å². The van der Waals surface area contributed by atoms with Crippen LogP contribution >= 0.6 is 15.9 Å². The summed E-state index contributed by atoms with van der Waals surface area (Å²) in [5.41, 5.74) is 2.61. The number of carbonyl (C=O) groups is 1. The van der Waals surface area contributed by atoms with Crippen molar-refractivity contribution in [2.24, 2.45) is 0 Å². The van der Waals surface area contributed by atoms with E-state index in [2.05, 4.69) is 20.9 Å². The second-order valence-corrected chi connectivity index (χ2v) is 6.23. The van der Waals surface area contributed by atoms with Crippen LogP contribution in [0.2, 0.25) is 0 Å². The average molecular weight is 376 g/mol. The van der Waals surface area contributed by atoms with E-state index >= 15 is 0 Å². The van der Waals surface area contributed by atoms with Gasteiger partial charge < -0.3 is 9.88 Å². The molecule has 0 radical (unpaired) electrons. The maximum atomic E-state index is 12.4. The third-order valence-corrected chi connectivity index (χ3v) is 4.66. The van der Waals surface area contributed by atoms with E-state index in [4.69, 9.17) is 0 Å². The Morgan fingerprint density at radius 1 is 1.45 bits per heavy atom. The summed E-state index contributed by atoms with van der Waals surface area (Å²) in [5.74, 6) is -1.44. The minimum Gasteiger partial charge on any atom is -0.338 e. The summed E-state index contributed by atoms with van der Waals surface area (Å²) >= 11 is 3.42. The fourth-order valence-electron chi connectivity index (χ4n) is 2.73. The summed E-state index contributed by atoms with van der Waals surface area (Å²) in [7, 11) is 0. The van der Waals surface area contributed by atoms with Crippen LogP contribution < -0.4 is 5.32 Å². The van der Waals surface area contributed by atoms with Gasteiger partial charge >= 0.3 is 12.1 Å². The molecule has 1 aromatic carbocycles. The highest BCUT2D eigenvalue weighted by molar-refractivity contribution is 9.10. The Bertz CT molecular complexity index is 754. The molecule has 3 rings (SSSR count). The Morgan fingerprint density at radius 3 is 2.86 bits per heavy atom. The lowest BCUT2D eigenvalue weighted by atomic mass is 10.1. The molecule has 118 valence electrons. The van der Waals surface area contributed by atoms with Crippen LogP contribution in [0.1, 0.15) is 30.3 Å². The summed E-state index contributed by atoms with van der Waals surface area (Å²) in [6, 6.07) is 3.08. The largest absolute Gasteiger partial charge is 0.471 e. The molecular weight excluding hydrogens is 363 g/mol. The Hall–Kier alpha value is -1.57. The average Bonchev–Trinajstić information content (AvgIpc) is 2.77. The van der Waals surface area contributed by atoms with Gasteiger partial charge in [-0.1, -0.05) is 15.9 Å². The number of nitrogens with one attached hydrogen (secondary N) is 1. The summed E-state index contributed by atoms with van der Waals surface area (Å²) in [6.07, 6.45) is -3.74. The van der Waals surface area contributed by atoms with Gasteiger partial charge in [-0.3, -0.25) is 4.79 Å². The van der Waals surface area contributed by atoms with Crippen molar-refractivity contribution in [2.75, 3.05) is 0 Å². The Morgan fingerprint density at radius 2 is 2.18 bits per heavy atom. The van der Waals surface area contributed by atoms with Crippen molar-refractivity contribution in [2.45, 2.75) is 38.5 Å². The van der Waals surface area contributed by atoms with E-state index in [0.29, 0.717) is 30.7 Å². The monoisotopic (exact) mass is 375 g/mol. The molecule has 1 aliphatic rings. The molecule has 1 aliphatic heterocycles. The molecule has 1 aromatic heterocycles. The smallest absolute Gasteiger partial charge is 0.338 e. The van der Waals surface area contributed by atoms with E-state index < -0.39 is 18.1 Å². The van der Waals surface area contributed by atoms with Crippen LogP contribution in [0.3, 0.4) is 0 Å². The van der Waals surface area contributed by atoms with Crippen molar-refractivity contribution >= 4 is 32.9 Å². The molecule has 8 heteroatoms. The number of hydrogen-bond acceptors (Lipinski definition) is 2. The van der Waals surface area contributed by atoms with Crippen LogP contribution in [0.15, 0.2) is 16.6 Å². The molecular formula is C14H13BrF3N3O. The van der Waals surface area contributed by atoms with Crippen LogP contribution in [-0.4, -0.2) is 21.6 Å². The molecule has 0 fully saturated rings. The van der Waals surface area contributed by atoms with Gasteiger partial charge in [-0.05, 0) is 37.5 Å². The number of nitrogens with zero attached hydrogens (tertiary/aromatic N) is 2. The number of alkyl halides is 3. The molecule has 0 saturated carbocycles. The predicted molar refractivity (Wildman–Crippen MR) is 78.3 cm³/mol. The SMILES string of the molecule is Cc1cc2c(cc1Br)nc1n2CCC[C@@H]1NC(=O)C(F)(F)F. The zero-order chi connectivity index (χ0) is 16.1. The summed E-state index contributed by atoms with van der Waals surface area (Å²) in [6.45, 7) is 2.63. The van der Waals surface area contributed by atoms with Crippen LogP contribution in [0.5, 0.6) is 0 Å². The molecule has 0 bridgehead atoms. The first-order chi connectivity index (χ1) is 10.3. The van der Waals surface area contributed by atoms with Crippen molar-refractivity contribution in [1.29, 1.82) is 0 Å². The fraction of sp³-hybridized carbons (Fsp3) is 0.429. The standard InChI is InChI=1S/C14H13BrF3N3O/c1-7-5-11-10(6-8(7)15)19-12-9(3-2-4-21(11)12)20-13(22)14(16,17)18/h5-6,9H,2-4H2,1H3,(H,20,22)/t9-/m0/s1. The van der Waals surface area contributed by atoms with Crippen molar-refractivity contribution < 1.29 is 18.0 Å². The van der Waals surface area contributed by atoms with E-state index in [9.17, 15) is 18.0 Å². The molecule has 2 heterocycles. The number of fused-ring (bicyclic) bond motifs is 3. The second-order valence-electron chi connectivity index (χ2n) is 5.38. The van der Waals surface area contributed by atoms with Crippen molar-refractivity contribution in [3.63, 3.8) is 0 Å². The number of halogens is 4. The lowest BCUT2D eigenvalue weighted by Gasteiger charge is -2.25. The molecule has 22 heavy (non-hydrogen) atoms. The Kier molecular flexibility index (Phi) is 3.66. The van der Waals surface area contributed by atoms with E-state index in [1.54, 1.807) is 0 Å². The minimum absolute atomic E-state index is 0.450. The number of aromatic nitrogens is 2. The molecule has 2 aromatic rings. The highest BCUT2D eigenvalue weighted by atomic mass is 79.9. The molecule has 4 nitrogen and oxygen atoms in total. The van der Waals surface area contributed by atoms with Gasteiger partial charge in [-0.2, -0.15) is 13.2 Å². The third-order valence-electron chi connectivity index (χ3n) is 3.81. The highest BCUT2D eigenvalue weighted by Crippen LogP contribution is 2.32. The fourth-order valence-corrected chi connectivity index (χ4v) is 3.06. The first-order valence-electron chi connectivity index (χ1n) is 6.81. The maximum Gasteiger partial charge on any atom is 0.471 e. The second kappa shape index (κ2) is 5.26. The van der Waals surface area contributed by atoms with Crippen molar-refractivity contribution in [3.8, 4) is 0 Å². The Balaban J connectivity index is 2.02. The quantitative estimate of drug-likeness (QED) is 0.827. The minimum atomic E-state index is -4.88. The van der Waals surface area contributed by atoms with Gasteiger partial charge in [-0.15, -0.1) is 0 Å². The molecule has 0 saturated heterocycles. The lowest BCUT2D eigenvalue weighted by molar-refractivity contribution is -0.174. The third kappa shape index (κ3) is 2.60. The molecule has 0 aliphatic carbocycles. The van der Waals surface area contributed by atoms with E-state index in [-0.39, 0.29) is 0 Å². The van der Waals surface area contributed by atoms with Gasteiger partial charge in [0.05, 0.1) is 17.1 Å². The first kappa shape index (κ1) is 15.3. The van der Waals surface area contributed by atoms with E-state index in [1.807, 2.05) is 28.9 Å². The van der Waals surface area contributed by atoms with Crippen LogP contribution in [0.25, 0.3) is 11.0 Å². The molecule has 1 atom stereocenters.